The first kappa shape index (κ1) is 17.2. The van der Waals surface area contributed by atoms with Gasteiger partial charge in [0.25, 0.3) is 5.91 Å². The zero-order valence-corrected chi connectivity index (χ0v) is 15.4. The lowest BCUT2D eigenvalue weighted by atomic mass is 10.0. The molecule has 3 nitrogen and oxygen atoms in total. The zero-order chi connectivity index (χ0) is 18.8. The van der Waals surface area contributed by atoms with Gasteiger partial charge in [-0.2, -0.15) is 0 Å². The molecular weight excluding hydrogens is 359 g/mol. The topological polar surface area (TPSA) is 41.1 Å². The smallest absolute Gasteiger partial charge is 0.265 e. The summed E-state index contributed by atoms with van der Waals surface area (Å²) in [4.78, 5) is 13.4. The minimum atomic E-state index is -0.264. The van der Waals surface area contributed by atoms with Gasteiger partial charge in [-0.05, 0) is 47.5 Å². The van der Waals surface area contributed by atoms with Crippen molar-refractivity contribution < 1.29 is 9.18 Å². The van der Waals surface area contributed by atoms with Crippen molar-refractivity contribution in [1.82, 2.24) is 0 Å². The minimum Gasteiger partial charge on any atom is -0.386 e. The Balaban J connectivity index is 1.70. The Labute approximate surface area is 160 Å². The highest BCUT2D eigenvalue weighted by atomic mass is 32.1. The number of fused-ring (bicyclic) bond motifs is 1. The standard InChI is InChI=1S/C22H17FN2OS/c1-24-18-6-2-3-7-19(18)25-22(26)21-13-17-16(5-4-8-20(17)27-21)14-9-11-15(23)12-10-14/h2-13,24H,1H3,(H,25,26). The molecular formula is C22H17FN2OS. The first-order valence-electron chi connectivity index (χ1n) is 8.52. The van der Waals surface area contributed by atoms with E-state index >= 15 is 0 Å². The normalized spacial score (nSPS) is 10.7. The fourth-order valence-corrected chi connectivity index (χ4v) is 4.03. The molecule has 4 rings (SSSR count). The molecule has 4 aromatic rings. The molecule has 0 radical (unpaired) electrons. The third-order valence-electron chi connectivity index (χ3n) is 4.39. The molecule has 5 heteroatoms. The molecule has 0 aliphatic carbocycles. The third kappa shape index (κ3) is 3.41. The van der Waals surface area contributed by atoms with E-state index < -0.39 is 0 Å². The summed E-state index contributed by atoms with van der Waals surface area (Å²) in [6.07, 6.45) is 0. The molecule has 134 valence electrons. The summed E-state index contributed by atoms with van der Waals surface area (Å²) in [5.41, 5.74) is 3.51. The number of hydrogen-bond acceptors (Lipinski definition) is 3. The Morgan fingerprint density at radius 2 is 1.67 bits per heavy atom. The van der Waals surface area contributed by atoms with Crippen molar-refractivity contribution in [2.24, 2.45) is 0 Å². The first-order valence-corrected chi connectivity index (χ1v) is 9.34. The average molecular weight is 376 g/mol. The summed E-state index contributed by atoms with van der Waals surface area (Å²) in [5.74, 6) is -0.413. The quantitative estimate of drug-likeness (QED) is 0.458. The van der Waals surface area contributed by atoms with E-state index in [9.17, 15) is 9.18 Å². The van der Waals surface area contributed by atoms with Gasteiger partial charge in [0, 0.05) is 17.1 Å². The van der Waals surface area contributed by atoms with Crippen LogP contribution >= 0.6 is 11.3 Å². The summed E-state index contributed by atoms with van der Waals surface area (Å²) >= 11 is 1.44. The molecule has 0 aliphatic heterocycles. The SMILES string of the molecule is CNc1ccccc1NC(=O)c1cc2c(-c3ccc(F)cc3)cccc2s1. The van der Waals surface area contributed by atoms with Gasteiger partial charge < -0.3 is 10.6 Å². The van der Waals surface area contributed by atoms with Gasteiger partial charge in [-0.3, -0.25) is 4.79 Å². The Bertz CT molecular complexity index is 1120. The van der Waals surface area contributed by atoms with Crippen molar-refractivity contribution in [2.45, 2.75) is 0 Å². The lowest BCUT2D eigenvalue weighted by Crippen LogP contribution is -2.11. The van der Waals surface area contributed by atoms with Gasteiger partial charge in [-0.1, -0.05) is 36.4 Å². The van der Waals surface area contributed by atoms with E-state index in [2.05, 4.69) is 10.6 Å². The van der Waals surface area contributed by atoms with Crippen LogP contribution in [0.3, 0.4) is 0 Å². The van der Waals surface area contributed by atoms with Gasteiger partial charge in [0.05, 0.1) is 16.3 Å². The van der Waals surface area contributed by atoms with Crippen LogP contribution in [-0.4, -0.2) is 13.0 Å². The van der Waals surface area contributed by atoms with E-state index in [0.717, 1.165) is 32.6 Å². The summed E-state index contributed by atoms with van der Waals surface area (Å²) in [6, 6.07) is 21.8. The van der Waals surface area contributed by atoms with E-state index in [-0.39, 0.29) is 11.7 Å². The number of rotatable bonds is 4. The second-order valence-corrected chi connectivity index (χ2v) is 7.17. The molecule has 0 atom stereocenters. The molecule has 0 bridgehead atoms. The number of para-hydroxylation sites is 2. The maximum Gasteiger partial charge on any atom is 0.265 e. The highest BCUT2D eigenvalue weighted by Crippen LogP contribution is 2.35. The van der Waals surface area contributed by atoms with Crippen LogP contribution in [-0.2, 0) is 0 Å². The molecule has 1 aromatic heterocycles. The van der Waals surface area contributed by atoms with Crippen LogP contribution in [0.2, 0.25) is 0 Å². The van der Waals surface area contributed by atoms with Gasteiger partial charge >= 0.3 is 0 Å². The molecule has 2 N–H and O–H groups in total. The maximum absolute atomic E-state index is 13.2. The zero-order valence-electron chi connectivity index (χ0n) is 14.6. The second kappa shape index (κ2) is 7.21. The van der Waals surface area contributed by atoms with Crippen LogP contribution in [0.25, 0.3) is 21.2 Å². The number of carbonyl (C=O) groups excluding carboxylic acids is 1. The molecule has 1 heterocycles. The Morgan fingerprint density at radius 3 is 2.41 bits per heavy atom. The van der Waals surface area contributed by atoms with Crippen LogP contribution in [0.4, 0.5) is 15.8 Å². The van der Waals surface area contributed by atoms with E-state index in [1.807, 2.05) is 55.6 Å². The molecule has 0 fully saturated rings. The van der Waals surface area contributed by atoms with Crippen LogP contribution in [0.5, 0.6) is 0 Å². The largest absolute Gasteiger partial charge is 0.386 e. The molecule has 1 amide bonds. The van der Waals surface area contributed by atoms with Gasteiger partial charge in [-0.15, -0.1) is 11.3 Å². The number of anilines is 2. The number of benzene rings is 3. The molecule has 0 spiro atoms. The van der Waals surface area contributed by atoms with Gasteiger partial charge in [0.1, 0.15) is 5.82 Å². The van der Waals surface area contributed by atoms with E-state index in [1.165, 1.54) is 23.5 Å². The highest BCUT2D eigenvalue weighted by molar-refractivity contribution is 7.21. The minimum absolute atomic E-state index is 0.149. The van der Waals surface area contributed by atoms with Crippen molar-refractivity contribution in [3.8, 4) is 11.1 Å². The number of hydrogen-bond donors (Lipinski definition) is 2. The summed E-state index contributed by atoms with van der Waals surface area (Å²) in [7, 11) is 1.82. The molecule has 3 aromatic carbocycles. The third-order valence-corrected chi connectivity index (χ3v) is 5.48. The van der Waals surface area contributed by atoms with E-state index in [4.69, 9.17) is 0 Å². The van der Waals surface area contributed by atoms with Crippen molar-refractivity contribution in [2.75, 3.05) is 17.7 Å². The first-order chi connectivity index (χ1) is 13.2. The lowest BCUT2D eigenvalue weighted by Gasteiger charge is -2.09. The van der Waals surface area contributed by atoms with E-state index in [0.29, 0.717) is 4.88 Å². The monoisotopic (exact) mass is 376 g/mol. The molecule has 0 saturated carbocycles. The van der Waals surface area contributed by atoms with Gasteiger partial charge in [0.15, 0.2) is 0 Å². The fourth-order valence-electron chi connectivity index (χ4n) is 3.05. The van der Waals surface area contributed by atoms with Crippen LogP contribution in [0.15, 0.2) is 72.8 Å². The molecule has 0 aliphatic rings. The average Bonchev–Trinajstić information content (AvgIpc) is 3.14. The van der Waals surface area contributed by atoms with Crippen LogP contribution < -0.4 is 10.6 Å². The lowest BCUT2D eigenvalue weighted by molar-refractivity contribution is 0.103. The molecule has 27 heavy (non-hydrogen) atoms. The Morgan fingerprint density at radius 1 is 0.926 bits per heavy atom. The summed E-state index contributed by atoms with van der Waals surface area (Å²) in [5, 5.41) is 7.02. The molecule has 0 saturated heterocycles. The predicted octanol–water partition coefficient (Wildman–Crippen LogP) is 6.00. The summed E-state index contributed by atoms with van der Waals surface area (Å²) < 4.78 is 14.3. The van der Waals surface area contributed by atoms with Crippen LogP contribution in [0, 0.1) is 5.82 Å². The second-order valence-electron chi connectivity index (χ2n) is 6.08. The Hall–Kier alpha value is -3.18. The number of carbonyl (C=O) groups is 1. The van der Waals surface area contributed by atoms with Crippen molar-refractivity contribution in [3.05, 3.63) is 83.5 Å². The summed E-state index contributed by atoms with van der Waals surface area (Å²) in [6.45, 7) is 0. The fraction of sp³-hybridized carbons (Fsp3) is 0.0455. The van der Waals surface area contributed by atoms with Gasteiger partial charge in [0.2, 0.25) is 0 Å². The van der Waals surface area contributed by atoms with Crippen molar-refractivity contribution in [3.63, 3.8) is 0 Å². The molecule has 0 unspecified atom stereocenters. The highest BCUT2D eigenvalue weighted by Gasteiger charge is 2.14. The number of halogens is 1. The van der Waals surface area contributed by atoms with E-state index in [1.54, 1.807) is 12.1 Å². The maximum atomic E-state index is 13.2. The Kier molecular flexibility index (Phi) is 4.60. The van der Waals surface area contributed by atoms with Crippen LogP contribution in [0.1, 0.15) is 9.67 Å². The van der Waals surface area contributed by atoms with Crippen molar-refractivity contribution in [1.29, 1.82) is 0 Å². The number of amides is 1. The number of nitrogens with one attached hydrogen (secondary N) is 2. The number of thiophene rings is 1. The van der Waals surface area contributed by atoms with Crippen molar-refractivity contribution >= 4 is 38.7 Å². The predicted molar refractivity (Wildman–Crippen MR) is 111 cm³/mol. The van der Waals surface area contributed by atoms with Gasteiger partial charge in [-0.25, -0.2) is 4.39 Å².